The van der Waals surface area contributed by atoms with Crippen LogP contribution >= 0.6 is 0 Å². The molecule has 1 amide bonds. The monoisotopic (exact) mass is 710 g/mol. The summed E-state index contributed by atoms with van der Waals surface area (Å²) < 4.78 is 5.87. The highest BCUT2D eigenvalue weighted by molar-refractivity contribution is 5.77. The minimum Gasteiger partial charge on any atom is -0.462 e. The molecule has 6 heteroatoms. The van der Waals surface area contributed by atoms with E-state index in [1.54, 1.807) is 0 Å². The molecule has 0 radical (unpaired) electrons. The zero-order valence-corrected chi connectivity index (χ0v) is 33.8. The van der Waals surface area contributed by atoms with E-state index in [4.69, 9.17) is 4.74 Å². The van der Waals surface area contributed by atoms with Gasteiger partial charge in [0.1, 0.15) is 6.10 Å². The van der Waals surface area contributed by atoms with Crippen molar-refractivity contribution in [1.82, 2.24) is 5.32 Å². The van der Waals surface area contributed by atoms with Gasteiger partial charge in [0, 0.05) is 6.42 Å². The van der Waals surface area contributed by atoms with Crippen LogP contribution in [0.2, 0.25) is 0 Å². The second-order valence-electron chi connectivity index (χ2n) is 15.5. The quantitative estimate of drug-likeness (QED) is 0.0435. The van der Waals surface area contributed by atoms with Gasteiger partial charge in [0.25, 0.3) is 0 Å². The van der Waals surface area contributed by atoms with E-state index in [1.807, 2.05) is 0 Å². The van der Waals surface area contributed by atoms with Crippen LogP contribution in [-0.4, -0.2) is 46.9 Å². The molecular weight excluding hydrogens is 622 g/mol. The molecule has 0 aromatic rings. The summed E-state index contributed by atoms with van der Waals surface area (Å²) >= 11 is 0. The number of nitrogens with one attached hydrogen (secondary N) is 1. The largest absolute Gasteiger partial charge is 0.462 e. The zero-order valence-electron chi connectivity index (χ0n) is 33.8. The number of amides is 1. The highest BCUT2D eigenvalue weighted by Gasteiger charge is 2.24. The van der Waals surface area contributed by atoms with Gasteiger partial charge in [-0.05, 0) is 25.7 Å². The molecule has 0 aromatic carbocycles. The van der Waals surface area contributed by atoms with Crippen molar-refractivity contribution < 1.29 is 24.5 Å². The molecule has 0 saturated heterocycles. The van der Waals surface area contributed by atoms with Gasteiger partial charge in [0.05, 0.1) is 25.2 Å². The van der Waals surface area contributed by atoms with Gasteiger partial charge in [-0.25, -0.2) is 0 Å². The first-order valence-electron chi connectivity index (χ1n) is 22.3. The Morgan fingerprint density at radius 3 is 1.22 bits per heavy atom. The van der Waals surface area contributed by atoms with Gasteiger partial charge in [-0.1, -0.05) is 207 Å². The van der Waals surface area contributed by atoms with Crippen LogP contribution in [0.3, 0.4) is 0 Å². The first-order chi connectivity index (χ1) is 24.5. The Hall–Kier alpha value is -1.14. The fourth-order valence-corrected chi connectivity index (χ4v) is 7.02. The van der Waals surface area contributed by atoms with Crippen LogP contribution in [0.15, 0.2) is 0 Å². The van der Waals surface area contributed by atoms with Crippen molar-refractivity contribution in [2.24, 2.45) is 0 Å². The third-order valence-electron chi connectivity index (χ3n) is 10.4. The molecule has 0 aliphatic heterocycles. The molecule has 6 nitrogen and oxygen atoms in total. The number of aliphatic hydroxyl groups excluding tert-OH is 2. The van der Waals surface area contributed by atoms with Crippen LogP contribution < -0.4 is 5.32 Å². The van der Waals surface area contributed by atoms with Gasteiger partial charge in [0.15, 0.2) is 0 Å². The van der Waals surface area contributed by atoms with E-state index in [-0.39, 0.29) is 24.9 Å². The van der Waals surface area contributed by atoms with Gasteiger partial charge >= 0.3 is 5.97 Å². The molecule has 0 aliphatic rings. The second kappa shape index (κ2) is 39.1. The lowest BCUT2D eigenvalue weighted by Crippen LogP contribution is -2.46. The molecule has 0 bridgehead atoms. The highest BCUT2D eigenvalue weighted by Crippen LogP contribution is 2.18. The predicted octanol–water partition coefficient (Wildman–Crippen LogP) is 12.4. The van der Waals surface area contributed by atoms with Gasteiger partial charge in [-0.3, -0.25) is 9.59 Å². The summed E-state index contributed by atoms with van der Waals surface area (Å²) in [6, 6.07) is -0.689. The molecule has 0 fully saturated rings. The molecule has 0 heterocycles. The van der Waals surface area contributed by atoms with E-state index >= 15 is 0 Å². The molecule has 50 heavy (non-hydrogen) atoms. The fraction of sp³-hybridized carbons (Fsp3) is 0.955. The summed E-state index contributed by atoms with van der Waals surface area (Å²) in [5, 5.41) is 23.6. The van der Waals surface area contributed by atoms with Gasteiger partial charge in [0.2, 0.25) is 5.91 Å². The van der Waals surface area contributed by atoms with Crippen LogP contribution in [0.1, 0.15) is 245 Å². The van der Waals surface area contributed by atoms with Crippen molar-refractivity contribution >= 4 is 11.9 Å². The second-order valence-corrected chi connectivity index (χ2v) is 15.5. The predicted molar refractivity (Wildman–Crippen MR) is 214 cm³/mol. The zero-order chi connectivity index (χ0) is 36.8. The molecule has 0 rings (SSSR count). The van der Waals surface area contributed by atoms with E-state index in [2.05, 4.69) is 26.1 Å². The number of carbonyl (C=O) groups excluding carboxylic acids is 2. The maximum Gasteiger partial charge on any atom is 0.306 e. The minimum absolute atomic E-state index is 0.0856. The van der Waals surface area contributed by atoms with Crippen molar-refractivity contribution in [3.8, 4) is 0 Å². The molecule has 0 aliphatic carbocycles. The van der Waals surface area contributed by atoms with Crippen molar-refractivity contribution in [1.29, 1.82) is 0 Å². The van der Waals surface area contributed by atoms with E-state index < -0.39 is 18.2 Å². The fourth-order valence-electron chi connectivity index (χ4n) is 7.02. The Bertz CT molecular complexity index is 717. The van der Waals surface area contributed by atoms with Crippen LogP contribution in [0.4, 0.5) is 0 Å². The normalized spacial score (nSPS) is 13.3. The average Bonchev–Trinajstić information content (AvgIpc) is 3.10. The Balaban J connectivity index is 4.47. The third-order valence-corrected chi connectivity index (χ3v) is 10.4. The molecule has 3 N–H and O–H groups in total. The lowest BCUT2D eigenvalue weighted by atomic mass is 10.0. The summed E-state index contributed by atoms with van der Waals surface area (Å²) in [4.78, 5) is 25.8. The maximum atomic E-state index is 13.1. The van der Waals surface area contributed by atoms with Crippen LogP contribution in [0, 0.1) is 0 Å². The highest BCUT2D eigenvalue weighted by atomic mass is 16.5. The van der Waals surface area contributed by atoms with Crippen LogP contribution in [-0.2, 0) is 14.3 Å². The molecule has 0 aromatic heterocycles. The number of esters is 1. The minimum atomic E-state index is -0.776. The summed E-state index contributed by atoms with van der Waals surface area (Å²) in [5.41, 5.74) is 0. The maximum absolute atomic E-state index is 13.1. The van der Waals surface area contributed by atoms with Crippen molar-refractivity contribution in [2.45, 2.75) is 264 Å². The Labute approximate surface area is 311 Å². The first kappa shape index (κ1) is 48.9. The van der Waals surface area contributed by atoms with E-state index in [1.165, 1.54) is 154 Å². The molecule has 0 spiro atoms. The van der Waals surface area contributed by atoms with E-state index in [0.29, 0.717) is 19.3 Å². The molecule has 0 saturated carbocycles. The number of aliphatic hydroxyl groups is 2. The van der Waals surface area contributed by atoms with E-state index in [0.717, 1.165) is 44.9 Å². The number of hydrogen-bond acceptors (Lipinski definition) is 5. The number of rotatable bonds is 40. The van der Waals surface area contributed by atoms with E-state index in [9.17, 15) is 19.8 Å². The molecular formula is C44H87NO5. The summed E-state index contributed by atoms with van der Waals surface area (Å²) in [7, 11) is 0. The van der Waals surface area contributed by atoms with Gasteiger partial charge in [-0.2, -0.15) is 0 Å². The number of ether oxygens (including phenoxy) is 1. The average molecular weight is 710 g/mol. The molecule has 298 valence electrons. The van der Waals surface area contributed by atoms with Gasteiger partial charge < -0.3 is 20.3 Å². The van der Waals surface area contributed by atoms with Gasteiger partial charge in [-0.15, -0.1) is 0 Å². The summed E-state index contributed by atoms with van der Waals surface area (Å²) in [6.07, 6.45) is 38.8. The topological polar surface area (TPSA) is 95.9 Å². The standard InChI is InChI=1S/C44H87NO5/c1-4-7-10-13-16-19-21-23-24-27-30-33-36-42(47)41(39-46)45-43(48)38-40(35-32-29-26-18-15-12-9-6-3)50-44(49)37-34-31-28-25-22-20-17-14-11-8-5-2/h40-42,46-47H,4-39H2,1-3H3,(H,45,48). The molecule has 3 unspecified atom stereocenters. The van der Waals surface area contributed by atoms with Crippen molar-refractivity contribution in [3.63, 3.8) is 0 Å². The lowest BCUT2D eigenvalue weighted by molar-refractivity contribution is -0.151. The number of unbranched alkanes of at least 4 members (excludes halogenated alkanes) is 28. The summed E-state index contributed by atoms with van der Waals surface area (Å²) in [6.45, 7) is 6.45. The van der Waals surface area contributed by atoms with Crippen molar-refractivity contribution in [3.05, 3.63) is 0 Å². The summed E-state index contributed by atoms with van der Waals surface area (Å²) in [5.74, 6) is -0.464. The van der Waals surface area contributed by atoms with Crippen LogP contribution in [0.5, 0.6) is 0 Å². The third kappa shape index (κ3) is 34.0. The molecule has 3 atom stereocenters. The first-order valence-corrected chi connectivity index (χ1v) is 22.3. The SMILES string of the molecule is CCCCCCCCCCCCCCC(O)C(CO)NC(=O)CC(CCCCCCCCCC)OC(=O)CCCCCCCCCCCCC. The Kier molecular flexibility index (Phi) is 38.2. The Morgan fingerprint density at radius 2 is 0.840 bits per heavy atom. The van der Waals surface area contributed by atoms with Crippen LogP contribution in [0.25, 0.3) is 0 Å². The Morgan fingerprint density at radius 1 is 0.500 bits per heavy atom. The van der Waals surface area contributed by atoms with Crippen molar-refractivity contribution in [2.75, 3.05) is 6.61 Å². The lowest BCUT2D eigenvalue weighted by Gasteiger charge is -2.24. The number of hydrogen-bond donors (Lipinski definition) is 3. The smallest absolute Gasteiger partial charge is 0.306 e. The number of carbonyl (C=O) groups is 2.